The molecule has 24 heavy (non-hydrogen) atoms. The maximum atomic E-state index is 11.7. The molecule has 1 aliphatic rings. The second kappa shape index (κ2) is 10.6. The standard InChI is InChI=1S/C18H28N4O2/c1-19-18(22-14-11-15-7-4-5-12-20-15)21-13-6-10-17(23)24-16-8-2-3-9-16/h4-5,7,12,16H,2-3,6,8-11,13-14H2,1H3,(H2,19,21,22). The number of carbonyl (C=O) groups excluding carboxylic acids is 1. The molecule has 1 aromatic rings. The zero-order chi connectivity index (χ0) is 17.0. The number of ether oxygens (including phenoxy) is 1. The SMILES string of the molecule is CN=C(NCCCC(=O)OC1CCCC1)NCCc1ccccn1. The van der Waals surface area contributed by atoms with Gasteiger partial charge in [-0.2, -0.15) is 0 Å². The lowest BCUT2D eigenvalue weighted by Gasteiger charge is -2.13. The first kappa shape index (κ1) is 18.2. The highest BCUT2D eigenvalue weighted by atomic mass is 16.5. The fourth-order valence-electron chi connectivity index (χ4n) is 2.77. The van der Waals surface area contributed by atoms with Crippen LogP contribution in [-0.4, -0.2) is 43.2 Å². The van der Waals surface area contributed by atoms with E-state index < -0.39 is 0 Å². The first-order valence-electron chi connectivity index (χ1n) is 8.82. The summed E-state index contributed by atoms with van der Waals surface area (Å²) in [4.78, 5) is 20.2. The van der Waals surface area contributed by atoms with Crippen LogP contribution >= 0.6 is 0 Å². The van der Waals surface area contributed by atoms with Crippen molar-refractivity contribution in [2.45, 2.75) is 51.0 Å². The molecule has 6 heteroatoms. The van der Waals surface area contributed by atoms with Crippen molar-refractivity contribution in [3.63, 3.8) is 0 Å². The van der Waals surface area contributed by atoms with E-state index >= 15 is 0 Å². The van der Waals surface area contributed by atoms with Gasteiger partial charge in [-0.25, -0.2) is 0 Å². The van der Waals surface area contributed by atoms with Crippen LogP contribution in [0.15, 0.2) is 29.4 Å². The lowest BCUT2D eigenvalue weighted by atomic mass is 10.3. The number of hydrogen-bond acceptors (Lipinski definition) is 4. The Balaban J connectivity index is 1.53. The number of esters is 1. The van der Waals surface area contributed by atoms with Gasteiger partial charge in [-0.15, -0.1) is 0 Å². The summed E-state index contributed by atoms with van der Waals surface area (Å²) in [5, 5.41) is 6.46. The predicted octanol–water partition coefficient (Wildman–Crippen LogP) is 2.06. The molecule has 132 valence electrons. The molecule has 0 aromatic carbocycles. The van der Waals surface area contributed by atoms with Crippen molar-refractivity contribution < 1.29 is 9.53 Å². The predicted molar refractivity (Wildman–Crippen MR) is 94.9 cm³/mol. The molecule has 2 N–H and O–H groups in total. The Morgan fingerprint density at radius 2 is 2.08 bits per heavy atom. The van der Waals surface area contributed by atoms with Gasteiger partial charge in [0, 0.05) is 44.9 Å². The molecule has 1 heterocycles. The van der Waals surface area contributed by atoms with E-state index in [2.05, 4.69) is 20.6 Å². The molecule has 0 spiro atoms. The first-order valence-corrected chi connectivity index (χ1v) is 8.82. The Hall–Kier alpha value is -2.11. The Kier molecular flexibility index (Phi) is 8.07. The summed E-state index contributed by atoms with van der Waals surface area (Å²) in [6, 6.07) is 5.91. The third kappa shape index (κ3) is 6.98. The summed E-state index contributed by atoms with van der Waals surface area (Å²) in [7, 11) is 1.74. The summed E-state index contributed by atoms with van der Waals surface area (Å²) in [6.07, 6.45) is 8.41. The van der Waals surface area contributed by atoms with E-state index in [9.17, 15) is 4.79 Å². The van der Waals surface area contributed by atoms with Gasteiger partial charge >= 0.3 is 5.97 Å². The molecule has 0 bridgehead atoms. The second-order valence-electron chi connectivity index (χ2n) is 6.00. The molecule has 0 aliphatic heterocycles. The maximum Gasteiger partial charge on any atom is 0.306 e. The molecule has 1 fully saturated rings. The molecule has 0 amide bonds. The van der Waals surface area contributed by atoms with E-state index in [1.54, 1.807) is 13.2 Å². The summed E-state index contributed by atoms with van der Waals surface area (Å²) in [5.74, 6) is 0.664. The average Bonchev–Trinajstić information content (AvgIpc) is 3.11. The van der Waals surface area contributed by atoms with Gasteiger partial charge in [-0.05, 0) is 44.2 Å². The number of carbonyl (C=O) groups is 1. The number of pyridine rings is 1. The molecule has 1 aromatic heterocycles. The molecular weight excluding hydrogens is 304 g/mol. The van der Waals surface area contributed by atoms with Crippen molar-refractivity contribution in [2.24, 2.45) is 4.99 Å². The number of aliphatic imine (C=N–C) groups is 1. The number of guanidine groups is 1. The molecule has 0 atom stereocenters. The van der Waals surface area contributed by atoms with Gasteiger partial charge in [-0.3, -0.25) is 14.8 Å². The Morgan fingerprint density at radius 3 is 2.79 bits per heavy atom. The van der Waals surface area contributed by atoms with E-state index in [0.29, 0.717) is 13.0 Å². The van der Waals surface area contributed by atoms with E-state index in [4.69, 9.17) is 4.74 Å². The zero-order valence-electron chi connectivity index (χ0n) is 14.5. The van der Waals surface area contributed by atoms with Crippen molar-refractivity contribution in [1.29, 1.82) is 0 Å². The van der Waals surface area contributed by atoms with Crippen LogP contribution in [0.4, 0.5) is 0 Å². The molecule has 1 saturated carbocycles. The van der Waals surface area contributed by atoms with Gasteiger partial charge < -0.3 is 15.4 Å². The van der Waals surface area contributed by atoms with Gasteiger partial charge in [-0.1, -0.05) is 6.07 Å². The summed E-state index contributed by atoms with van der Waals surface area (Å²) in [6.45, 7) is 1.46. The van der Waals surface area contributed by atoms with Crippen molar-refractivity contribution in [2.75, 3.05) is 20.1 Å². The third-order valence-corrected chi connectivity index (χ3v) is 4.07. The highest BCUT2D eigenvalue weighted by Crippen LogP contribution is 2.21. The molecule has 1 aliphatic carbocycles. The Morgan fingerprint density at radius 1 is 1.29 bits per heavy atom. The number of aromatic nitrogens is 1. The Bertz CT molecular complexity index is 513. The molecule has 0 unspecified atom stereocenters. The summed E-state index contributed by atoms with van der Waals surface area (Å²) >= 11 is 0. The van der Waals surface area contributed by atoms with Crippen LogP contribution in [0.5, 0.6) is 0 Å². The molecule has 6 nitrogen and oxygen atoms in total. The minimum Gasteiger partial charge on any atom is -0.462 e. The fourth-order valence-corrected chi connectivity index (χ4v) is 2.77. The average molecular weight is 332 g/mol. The van der Waals surface area contributed by atoms with Crippen LogP contribution in [0.3, 0.4) is 0 Å². The second-order valence-corrected chi connectivity index (χ2v) is 6.00. The quantitative estimate of drug-likeness (QED) is 0.330. The highest BCUT2D eigenvalue weighted by Gasteiger charge is 2.18. The van der Waals surface area contributed by atoms with Gasteiger partial charge in [0.2, 0.25) is 0 Å². The lowest BCUT2D eigenvalue weighted by Crippen LogP contribution is -2.39. The zero-order valence-corrected chi connectivity index (χ0v) is 14.5. The van der Waals surface area contributed by atoms with Crippen LogP contribution in [0.2, 0.25) is 0 Å². The van der Waals surface area contributed by atoms with Crippen LogP contribution < -0.4 is 10.6 Å². The fraction of sp³-hybridized carbons (Fsp3) is 0.611. The number of nitrogens with zero attached hydrogens (tertiary/aromatic N) is 2. The largest absolute Gasteiger partial charge is 0.462 e. The van der Waals surface area contributed by atoms with E-state index in [-0.39, 0.29) is 12.1 Å². The van der Waals surface area contributed by atoms with Gasteiger partial charge in [0.15, 0.2) is 5.96 Å². The normalized spacial score (nSPS) is 15.3. The monoisotopic (exact) mass is 332 g/mol. The van der Waals surface area contributed by atoms with Gasteiger partial charge in [0.05, 0.1) is 0 Å². The topological polar surface area (TPSA) is 75.6 Å². The summed E-state index contributed by atoms with van der Waals surface area (Å²) in [5.41, 5.74) is 1.05. The molecule has 0 saturated heterocycles. The number of nitrogens with one attached hydrogen (secondary N) is 2. The van der Waals surface area contributed by atoms with Crippen molar-refractivity contribution in [1.82, 2.24) is 15.6 Å². The number of hydrogen-bond donors (Lipinski definition) is 2. The highest BCUT2D eigenvalue weighted by molar-refractivity contribution is 5.79. The van der Waals surface area contributed by atoms with Crippen molar-refractivity contribution >= 4 is 11.9 Å². The molecule has 0 radical (unpaired) electrons. The smallest absolute Gasteiger partial charge is 0.306 e. The minimum absolute atomic E-state index is 0.0817. The van der Waals surface area contributed by atoms with Gasteiger partial charge in [0.25, 0.3) is 0 Å². The minimum atomic E-state index is -0.0817. The van der Waals surface area contributed by atoms with Gasteiger partial charge in [0.1, 0.15) is 6.10 Å². The van der Waals surface area contributed by atoms with Crippen LogP contribution in [-0.2, 0) is 16.0 Å². The van der Waals surface area contributed by atoms with Crippen LogP contribution in [0.25, 0.3) is 0 Å². The lowest BCUT2D eigenvalue weighted by molar-refractivity contribution is -0.148. The molecule has 2 rings (SSSR count). The van der Waals surface area contributed by atoms with Crippen LogP contribution in [0.1, 0.15) is 44.2 Å². The Labute approximate surface area is 144 Å². The molecular formula is C18H28N4O2. The van der Waals surface area contributed by atoms with E-state index in [1.807, 2.05) is 18.2 Å². The van der Waals surface area contributed by atoms with Crippen molar-refractivity contribution in [3.8, 4) is 0 Å². The third-order valence-electron chi connectivity index (χ3n) is 4.07. The van der Waals surface area contributed by atoms with Crippen LogP contribution in [0, 0.1) is 0 Å². The summed E-state index contributed by atoms with van der Waals surface area (Å²) < 4.78 is 5.44. The van der Waals surface area contributed by atoms with Crippen molar-refractivity contribution in [3.05, 3.63) is 30.1 Å². The maximum absolute atomic E-state index is 11.7. The first-order chi connectivity index (χ1) is 11.8. The van der Waals surface area contributed by atoms with E-state index in [1.165, 1.54) is 12.8 Å². The number of rotatable bonds is 8. The van der Waals surface area contributed by atoms with E-state index in [0.717, 1.165) is 43.9 Å².